The zero-order valence-corrected chi connectivity index (χ0v) is 11.5. The van der Waals surface area contributed by atoms with Crippen molar-refractivity contribution in [2.75, 3.05) is 12.3 Å². The SMILES string of the molecule is CCNC(=O)C(C)S(=O)(=O)c1cc(C)ccc1N. The molecule has 1 unspecified atom stereocenters. The molecule has 0 radical (unpaired) electrons. The van der Waals surface area contributed by atoms with E-state index in [0.29, 0.717) is 6.54 Å². The number of nitrogens with one attached hydrogen (secondary N) is 1. The Labute approximate surface area is 107 Å². The van der Waals surface area contributed by atoms with Gasteiger partial charge in [-0.15, -0.1) is 0 Å². The van der Waals surface area contributed by atoms with Gasteiger partial charge in [0, 0.05) is 6.54 Å². The molecule has 0 saturated heterocycles. The van der Waals surface area contributed by atoms with Crippen molar-refractivity contribution < 1.29 is 13.2 Å². The number of anilines is 1. The van der Waals surface area contributed by atoms with Crippen LogP contribution in [-0.4, -0.2) is 26.1 Å². The second-order valence-corrected chi connectivity index (χ2v) is 6.36. The van der Waals surface area contributed by atoms with Gasteiger partial charge in [-0.2, -0.15) is 0 Å². The summed E-state index contributed by atoms with van der Waals surface area (Å²) in [5.74, 6) is -0.515. The summed E-state index contributed by atoms with van der Waals surface area (Å²) >= 11 is 0. The molecule has 3 N–H and O–H groups in total. The molecule has 1 atom stereocenters. The molecule has 1 aromatic carbocycles. The second kappa shape index (κ2) is 5.39. The van der Waals surface area contributed by atoms with Gasteiger partial charge < -0.3 is 11.1 Å². The van der Waals surface area contributed by atoms with Gasteiger partial charge in [0.1, 0.15) is 5.25 Å². The lowest BCUT2D eigenvalue weighted by Crippen LogP contribution is -2.38. The van der Waals surface area contributed by atoms with Gasteiger partial charge in [0.15, 0.2) is 9.84 Å². The Morgan fingerprint density at radius 3 is 2.61 bits per heavy atom. The van der Waals surface area contributed by atoms with Crippen LogP contribution in [0.4, 0.5) is 5.69 Å². The van der Waals surface area contributed by atoms with E-state index in [2.05, 4.69) is 5.32 Å². The number of hydrogen-bond donors (Lipinski definition) is 2. The number of amides is 1. The largest absolute Gasteiger partial charge is 0.398 e. The highest BCUT2D eigenvalue weighted by molar-refractivity contribution is 7.93. The van der Waals surface area contributed by atoms with Crippen LogP contribution in [0.5, 0.6) is 0 Å². The topological polar surface area (TPSA) is 89.3 Å². The van der Waals surface area contributed by atoms with E-state index in [0.717, 1.165) is 5.56 Å². The van der Waals surface area contributed by atoms with Crippen LogP contribution in [0.15, 0.2) is 23.1 Å². The molecule has 0 aliphatic rings. The van der Waals surface area contributed by atoms with Crippen molar-refractivity contribution in [3.8, 4) is 0 Å². The lowest BCUT2D eigenvalue weighted by atomic mass is 10.2. The minimum Gasteiger partial charge on any atom is -0.398 e. The van der Waals surface area contributed by atoms with Gasteiger partial charge in [-0.3, -0.25) is 4.79 Å². The van der Waals surface area contributed by atoms with E-state index < -0.39 is 21.0 Å². The van der Waals surface area contributed by atoms with Crippen molar-refractivity contribution in [2.45, 2.75) is 30.9 Å². The third kappa shape index (κ3) is 2.81. The molecule has 6 heteroatoms. The van der Waals surface area contributed by atoms with Crippen LogP contribution >= 0.6 is 0 Å². The molecule has 0 bridgehead atoms. The fourth-order valence-electron chi connectivity index (χ4n) is 1.54. The van der Waals surface area contributed by atoms with Gasteiger partial charge in [0.25, 0.3) is 0 Å². The van der Waals surface area contributed by atoms with Crippen molar-refractivity contribution >= 4 is 21.4 Å². The fraction of sp³-hybridized carbons (Fsp3) is 0.417. The van der Waals surface area contributed by atoms with Crippen LogP contribution < -0.4 is 11.1 Å². The highest BCUT2D eigenvalue weighted by Crippen LogP contribution is 2.24. The highest BCUT2D eigenvalue weighted by atomic mass is 32.2. The molecular weight excluding hydrogens is 252 g/mol. The first-order valence-corrected chi connectivity index (χ1v) is 7.23. The number of benzene rings is 1. The predicted molar refractivity (Wildman–Crippen MR) is 70.9 cm³/mol. The number of carbonyl (C=O) groups excluding carboxylic acids is 1. The summed E-state index contributed by atoms with van der Waals surface area (Å²) in [6.07, 6.45) is 0. The maximum atomic E-state index is 12.3. The molecule has 0 aromatic heterocycles. The molecule has 1 rings (SSSR count). The third-order valence-corrected chi connectivity index (χ3v) is 4.77. The monoisotopic (exact) mass is 270 g/mol. The summed E-state index contributed by atoms with van der Waals surface area (Å²) in [6, 6.07) is 4.75. The quantitative estimate of drug-likeness (QED) is 0.795. The summed E-state index contributed by atoms with van der Waals surface area (Å²) in [7, 11) is -3.75. The minimum atomic E-state index is -3.75. The van der Waals surface area contributed by atoms with Crippen LogP contribution in [0, 0.1) is 6.92 Å². The van der Waals surface area contributed by atoms with Gasteiger partial charge in [-0.1, -0.05) is 6.07 Å². The molecule has 0 saturated carbocycles. The number of carbonyl (C=O) groups is 1. The first-order valence-electron chi connectivity index (χ1n) is 5.68. The van der Waals surface area contributed by atoms with E-state index in [4.69, 9.17) is 5.73 Å². The predicted octanol–water partition coefficient (Wildman–Crippen LogP) is 0.876. The zero-order chi connectivity index (χ0) is 13.9. The van der Waals surface area contributed by atoms with E-state index in [-0.39, 0.29) is 10.6 Å². The first kappa shape index (κ1) is 14.5. The average molecular weight is 270 g/mol. The van der Waals surface area contributed by atoms with Crippen LogP contribution in [0.2, 0.25) is 0 Å². The van der Waals surface area contributed by atoms with Gasteiger partial charge >= 0.3 is 0 Å². The number of hydrogen-bond acceptors (Lipinski definition) is 4. The van der Waals surface area contributed by atoms with Gasteiger partial charge in [-0.05, 0) is 38.5 Å². The number of rotatable bonds is 4. The Kier molecular flexibility index (Phi) is 4.34. The van der Waals surface area contributed by atoms with Crippen LogP contribution in [-0.2, 0) is 14.6 Å². The fourth-order valence-corrected chi connectivity index (χ4v) is 3.03. The van der Waals surface area contributed by atoms with Gasteiger partial charge in [0.2, 0.25) is 5.91 Å². The molecule has 1 aromatic rings. The average Bonchev–Trinajstić information content (AvgIpc) is 2.31. The number of nitrogen functional groups attached to an aromatic ring is 1. The second-order valence-electron chi connectivity index (χ2n) is 4.12. The number of aryl methyl sites for hydroxylation is 1. The molecule has 0 fully saturated rings. The van der Waals surface area contributed by atoms with E-state index >= 15 is 0 Å². The number of sulfone groups is 1. The van der Waals surface area contributed by atoms with E-state index in [1.165, 1.54) is 19.1 Å². The van der Waals surface area contributed by atoms with Crippen molar-refractivity contribution in [3.63, 3.8) is 0 Å². The van der Waals surface area contributed by atoms with Gasteiger partial charge in [0.05, 0.1) is 10.6 Å². The lowest BCUT2D eigenvalue weighted by Gasteiger charge is -2.14. The lowest BCUT2D eigenvalue weighted by molar-refractivity contribution is -0.120. The molecule has 1 amide bonds. The Morgan fingerprint density at radius 2 is 2.06 bits per heavy atom. The van der Waals surface area contributed by atoms with E-state index in [1.807, 2.05) is 0 Å². The molecule has 0 aliphatic carbocycles. The molecule has 0 spiro atoms. The summed E-state index contributed by atoms with van der Waals surface area (Å²) in [5.41, 5.74) is 6.62. The molecule has 0 aliphatic heterocycles. The standard InChI is InChI=1S/C12H18N2O3S/c1-4-14-12(15)9(3)18(16,17)11-7-8(2)5-6-10(11)13/h5-7,9H,4,13H2,1-3H3,(H,14,15). The summed E-state index contributed by atoms with van der Waals surface area (Å²) in [4.78, 5) is 11.6. The van der Waals surface area contributed by atoms with Crippen LogP contribution in [0.1, 0.15) is 19.4 Å². The van der Waals surface area contributed by atoms with Gasteiger partial charge in [-0.25, -0.2) is 8.42 Å². The van der Waals surface area contributed by atoms with E-state index in [1.54, 1.807) is 19.9 Å². The molecule has 0 heterocycles. The third-order valence-electron chi connectivity index (χ3n) is 2.66. The smallest absolute Gasteiger partial charge is 0.238 e. The van der Waals surface area contributed by atoms with Crippen molar-refractivity contribution in [1.82, 2.24) is 5.32 Å². The summed E-state index contributed by atoms with van der Waals surface area (Å²) < 4.78 is 24.6. The minimum absolute atomic E-state index is 0.0150. The maximum absolute atomic E-state index is 12.3. The Morgan fingerprint density at radius 1 is 1.44 bits per heavy atom. The molecule has 100 valence electrons. The Balaban J connectivity index is 3.21. The van der Waals surface area contributed by atoms with Crippen molar-refractivity contribution in [3.05, 3.63) is 23.8 Å². The van der Waals surface area contributed by atoms with Crippen LogP contribution in [0.3, 0.4) is 0 Å². The maximum Gasteiger partial charge on any atom is 0.238 e. The summed E-state index contributed by atoms with van der Waals surface area (Å²) in [6.45, 7) is 5.26. The summed E-state index contributed by atoms with van der Waals surface area (Å²) in [5, 5.41) is 1.34. The molecule has 5 nitrogen and oxygen atoms in total. The van der Waals surface area contributed by atoms with Crippen molar-refractivity contribution in [2.24, 2.45) is 0 Å². The normalized spacial score (nSPS) is 13.1. The zero-order valence-electron chi connectivity index (χ0n) is 10.7. The van der Waals surface area contributed by atoms with E-state index in [9.17, 15) is 13.2 Å². The van der Waals surface area contributed by atoms with Crippen LogP contribution in [0.25, 0.3) is 0 Å². The Hall–Kier alpha value is -1.56. The number of nitrogens with two attached hydrogens (primary N) is 1. The first-order chi connectivity index (χ1) is 8.30. The van der Waals surface area contributed by atoms with Crippen molar-refractivity contribution in [1.29, 1.82) is 0 Å². The molecular formula is C12H18N2O3S. The Bertz CT molecular complexity index is 552. The highest BCUT2D eigenvalue weighted by Gasteiger charge is 2.30. The molecule has 18 heavy (non-hydrogen) atoms.